The predicted molar refractivity (Wildman–Crippen MR) is 95.3 cm³/mol. The van der Waals surface area contributed by atoms with Gasteiger partial charge in [-0.15, -0.1) is 0 Å². The van der Waals surface area contributed by atoms with E-state index in [0.717, 1.165) is 6.54 Å². The zero-order valence-electron chi connectivity index (χ0n) is 15.4. The molecule has 0 N–H and O–H groups in total. The van der Waals surface area contributed by atoms with Crippen molar-refractivity contribution in [2.24, 2.45) is 5.92 Å². The van der Waals surface area contributed by atoms with Gasteiger partial charge in [-0.1, -0.05) is 18.2 Å². The van der Waals surface area contributed by atoms with E-state index in [9.17, 15) is 14.0 Å². The van der Waals surface area contributed by atoms with Crippen LogP contribution in [0, 0.1) is 11.7 Å². The van der Waals surface area contributed by atoms with Crippen molar-refractivity contribution in [1.82, 2.24) is 14.7 Å². The van der Waals surface area contributed by atoms with Gasteiger partial charge in [-0.05, 0) is 33.5 Å². The third-order valence-electron chi connectivity index (χ3n) is 4.68. The van der Waals surface area contributed by atoms with Crippen LogP contribution >= 0.6 is 0 Å². The van der Waals surface area contributed by atoms with Crippen LogP contribution in [-0.2, 0) is 16.1 Å². The highest BCUT2D eigenvalue weighted by atomic mass is 19.1. The second-order valence-electron chi connectivity index (χ2n) is 6.82. The third kappa shape index (κ3) is 5.26. The maximum Gasteiger partial charge on any atom is 0.227 e. The second-order valence-corrected chi connectivity index (χ2v) is 6.82. The van der Waals surface area contributed by atoms with Crippen LogP contribution in [0.2, 0.25) is 0 Å². The normalized spacial score (nSPS) is 17.9. The number of rotatable bonds is 7. The smallest absolute Gasteiger partial charge is 0.227 e. The van der Waals surface area contributed by atoms with Crippen molar-refractivity contribution in [3.63, 3.8) is 0 Å². The number of carbonyl (C=O) groups excluding carboxylic acids is 2. The lowest BCUT2D eigenvalue weighted by Gasteiger charge is -2.35. The van der Waals surface area contributed by atoms with E-state index >= 15 is 0 Å². The van der Waals surface area contributed by atoms with Gasteiger partial charge in [0.05, 0.1) is 5.92 Å². The Balaban J connectivity index is 2.02. The molecular weight excluding hydrogens is 321 g/mol. The molecule has 1 saturated heterocycles. The van der Waals surface area contributed by atoms with Crippen molar-refractivity contribution in [3.8, 4) is 0 Å². The Kier molecular flexibility index (Phi) is 6.93. The maximum absolute atomic E-state index is 13.9. The van der Waals surface area contributed by atoms with Crippen LogP contribution < -0.4 is 0 Å². The molecule has 5 nitrogen and oxygen atoms in total. The van der Waals surface area contributed by atoms with Gasteiger partial charge in [0.15, 0.2) is 0 Å². The van der Waals surface area contributed by atoms with Gasteiger partial charge in [0.1, 0.15) is 5.82 Å². The lowest BCUT2D eigenvalue weighted by Crippen LogP contribution is -2.47. The number of hydrogen-bond donors (Lipinski definition) is 0. The molecule has 0 spiro atoms. The van der Waals surface area contributed by atoms with E-state index in [2.05, 4.69) is 0 Å². The summed E-state index contributed by atoms with van der Waals surface area (Å²) in [5, 5.41) is 0. The highest BCUT2D eigenvalue weighted by Crippen LogP contribution is 2.22. The maximum atomic E-state index is 13.9. The van der Waals surface area contributed by atoms with E-state index in [-0.39, 0.29) is 30.1 Å². The largest absolute Gasteiger partial charge is 0.341 e. The predicted octanol–water partition coefficient (Wildman–Crippen LogP) is 1.97. The molecule has 1 aliphatic rings. The van der Waals surface area contributed by atoms with Crippen LogP contribution in [0.25, 0.3) is 0 Å². The first-order valence-electron chi connectivity index (χ1n) is 8.87. The van der Waals surface area contributed by atoms with Gasteiger partial charge in [-0.3, -0.25) is 9.59 Å². The van der Waals surface area contributed by atoms with Crippen molar-refractivity contribution in [3.05, 3.63) is 35.6 Å². The first-order valence-corrected chi connectivity index (χ1v) is 8.87. The highest BCUT2D eigenvalue weighted by molar-refractivity contribution is 5.83. The Morgan fingerprint density at radius 3 is 2.64 bits per heavy atom. The number of likely N-dealkylation sites (tertiary alicyclic amines) is 1. The minimum absolute atomic E-state index is 0.0105. The summed E-state index contributed by atoms with van der Waals surface area (Å²) in [5.74, 6) is -0.435. The summed E-state index contributed by atoms with van der Waals surface area (Å²) in [7, 11) is 3.96. The Bertz CT molecular complexity index is 606. The molecule has 1 atom stereocenters. The lowest BCUT2D eigenvalue weighted by molar-refractivity contribution is -0.143. The van der Waals surface area contributed by atoms with Crippen LogP contribution in [0.1, 0.15) is 25.3 Å². The Morgan fingerprint density at radius 2 is 2.00 bits per heavy atom. The van der Waals surface area contributed by atoms with Crippen molar-refractivity contribution >= 4 is 11.8 Å². The van der Waals surface area contributed by atoms with Crippen LogP contribution in [0.4, 0.5) is 4.39 Å². The first kappa shape index (κ1) is 19.4. The lowest BCUT2D eigenvalue weighted by atomic mass is 9.95. The van der Waals surface area contributed by atoms with Gasteiger partial charge in [0, 0.05) is 44.7 Å². The highest BCUT2D eigenvalue weighted by Gasteiger charge is 2.32. The quantitative estimate of drug-likeness (QED) is 0.756. The Labute approximate surface area is 149 Å². The van der Waals surface area contributed by atoms with E-state index < -0.39 is 0 Å². The third-order valence-corrected chi connectivity index (χ3v) is 4.68. The molecule has 1 unspecified atom stereocenters. The Hall–Kier alpha value is -1.95. The molecule has 1 aromatic rings. The molecule has 6 heteroatoms. The molecule has 0 bridgehead atoms. The summed E-state index contributed by atoms with van der Waals surface area (Å²) < 4.78 is 13.9. The number of halogens is 1. The molecule has 0 radical (unpaired) electrons. The fourth-order valence-electron chi connectivity index (χ4n) is 3.10. The fourth-order valence-corrected chi connectivity index (χ4v) is 3.10. The number of nitrogens with zero attached hydrogens (tertiary/aromatic N) is 3. The molecule has 1 aliphatic heterocycles. The summed E-state index contributed by atoms with van der Waals surface area (Å²) in [4.78, 5) is 30.5. The second kappa shape index (κ2) is 8.94. The molecule has 1 heterocycles. The van der Waals surface area contributed by atoms with Crippen LogP contribution in [-0.4, -0.2) is 66.8 Å². The number of benzene rings is 1. The summed E-state index contributed by atoms with van der Waals surface area (Å²) in [6, 6.07) is 6.47. The first-order chi connectivity index (χ1) is 11.9. The molecule has 0 aromatic heterocycles. The molecular formula is C19H28FN3O2. The van der Waals surface area contributed by atoms with E-state index in [4.69, 9.17) is 0 Å². The van der Waals surface area contributed by atoms with Crippen LogP contribution in [0.15, 0.2) is 24.3 Å². The van der Waals surface area contributed by atoms with Crippen molar-refractivity contribution in [1.29, 1.82) is 0 Å². The molecule has 1 aromatic carbocycles. The summed E-state index contributed by atoms with van der Waals surface area (Å²) in [5.41, 5.74) is 0.490. The summed E-state index contributed by atoms with van der Waals surface area (Å²) >= 11 is 0. The topological polar surface area (TPSA) is 43.9 Å². The minimum Gasteiger partial charge on any atom is -0.341 e. The molecule has 25 heavy (non-hydrogen) atoms. The monoisotopic (exact) mass is 349 g/mol. The fraction of sp³-hybridized carbons (Fsp3) is 0.579. The molecule has 138 valence electrons. The van der Waals surface area contributed by atoms with Gasteiger partial charge in [-0.25, -0.2) is 4.39 Å². The molecule has 2 amide bonds. The summed E-state index contributed by atoms with van der Waals surface area (Å²) in [6.07, 6.45) is 0.917. The van der Waals surface area contributed by atoms with Crippen molar-refractivity contribution < 1.29 is 14.0 Å². The number of piperidine rings is 1. The SMILES string of the molecule is CCN(CCN(C)C)C(=O)C1CCC(=O)N(Cc2ccccc2F)C1. The van der Waals surface area contributed by atoms with Gasteiger partial charge in [0.2, 0.25) is 11.8 Å². The van der Waals surface area contributed by atoms with Crippen molar-refractivity contribution in [2.75, 3.05) is 40.3 Å². The number of amides is 2. The molecule has 0 saturated carbocycles. The van der Waals surface area contributed by atoms with Crippen LogP contribution in [0.3, 0.4) is 0 Å². The van der Waals surface area contributed by atoms with Gasteiger partial charge in [0.25, 0.3) is 0 Å². The molecule has 1 fully saturated rings. The Morgan fingerprint density at radius 1 is 1.28 bits per heavy atom. The van der Waals surface area contributed by atoms with Gasteiger partial charge in [-0.2, -0.15) is 0 Å². The standard InChI is InChI=1S/C19H28FN3O2/c1-4-22(12-11-21(2)3)19(25)16-9-10-18(24)23(14-16)13-15-7-5-6-8-17(15)20/h5-8,16H,4,9-14H2,1-3H3. The number of carbonyl (C=O) groups is 2. The van der Waals surface area contributed by atoms with Gasteiger partial charge >= 0.3 is 0 Å². The number of hydrogen-bond acceptors (Lipinski definition) is 3. The van der Waals surface area contributed by atoms with Crippen molar-refractivity contribution in [2.45, 2.75) is 26.3 Å². The minimum atomic E-state index is -0.315. The van der Waals surface area contributed by atoms with Crippen LogP contribution in [0.5, 0.6) is 0 Å². The van der Waals surface area contributed by atoms with Gasteiger partial charge < -0.3 is 14.7 Å². The zero-order valence-corrected chi connectivity index (χ0v) is 15.4. The van der Waals surface area contributed by atoms with E-state index in [0.29, 0.717) is 38.0 Å². The summed E-state index contributed by atoms with van der Waals surface area (Å²) in [6.45, 7) is 4.71. The van der Waals surface area contributed by atoms with E-state index in [1.54, 1.807) is 23.1 Å². The zero-order chi connectivity index (χ0) is 18.4. The average molecular weight is 349 g/mol. The number of likely N-dealkylation sites (N-methyl/N-ethyl adjacent to an activating group) is 2. The average Bonchev–Trinajstić information content (AvgIpc) is 2.59. The van der Waals surface area contributed by atoms with E-state index in [1.165, 1.54) is 6.07 Å². The molecule has 2 rings (SSSR count). The molecule has 0 aliphatic carbocycles. The van der Waals surface area contributed by atoms with E-state index in [1.807, 2.05) is 30.8 Å².